The lowest BCUT2D eigenvalue weighted by molar-refractivity contribution is 0.404. The number of hydrogen-bond acceptors (Lipinski definition) is 4. The molecular weight excluding hydrogens is 360 g/mol. The summed E-state index contributed by atoms with van der Waals surface area (Å²) in [7, 11) is -3.47. The molecule has 2 rings (SSSR count). The van der Waals surface area contributed by atoms with Crippen molar-refractivity contribution >= 4 is 37.7 Å². The zero-order valence-electron chi connectivity index (χ0n) is 11.5. The van der Waals surface area contributed by atoms with Crippen molar-refractivity contribution in [3.8, 4) is 0 Å². The predicted octanol–water partition coefficient (Wildman–Crippen LogP) is 2.42. The first-order valence-electron chi connectivity index (χ1n) is 6.48. The summed E-state index contributed by atoms with van der Waals surface area (Å²) in [5, 5.41) is 0.620. The molecule has 2 atom stereocenters. The van der Waals surface area contributed by atoms with Gasteiger partial charge in [0, 0.05) is 34.6 Å². The largest absolute Gasteiger partial charge is 0.326 e. The Labute approximate surface area is 133 Å². The molecule has 0 spiro atoms. The third kappa shape index (κ3) is 3.39. The fourth-order valence-corrected chi connectivity index (χ4v) is 6.45. The number of hydrogen-bond donors (Lipinski definition) is 1. The van der Waals surface area contributed by atoms with Crippen molar-refractivity contribution in [3.63, 3.8) is 0 Å². The van der Waals surface area contributed by atoms with Crippen LogP contribution < -0.4 is 5.73 Å². The Hall–Kier alpha value is -0.0800. The number of benzene rings is 1. The quantitative estimate of drug-likeness (QED) is 0.876. The van der Waals surface area contributed by atoms with Crippen LogP contribution in [0.5, 0.6) is 0 Å². The smallest absolute Gasteiger partial charge is 0.244 e. The molecule has 4 nitrogen and oxygen atoms in total. The molecule has 1 aromatic rings. The highest BCUT2D eigenvalue weighted by atomic mass is 79.9. The topological polar surface area (TPSA) is 63.4 Å². The van der Waals surface area contributed by atoms with E-state index in [1.165, 1.54) is 0 Å². The molecule has 0 bridgehead atoms. The molecule has 1 aliphatic rings. The lowest BCUT2D eigenvalue weighted by Gasteiger charge is -2.33. The van der Waals surface area contributed by atoms with Crippen molar-refractivity contribution in [2.75, 3.05) is 13.1 Å². The van der Waals surface area contributed by atoms with Gasteiger partial charge in [0.1, 0.15) is 0 Å². The van der Waals surface area contributed by atoms with Crippen LogP contribution in [0.25, 0.3) is 0 Å². The van der Waals surface area contributed by atoms with Crippen LogP contribution >= 0.6 is 27.7 Å². The standard InChI is InChI=1S/C13H19BrN2O2S2/c1-9-7-16(8-10(2)19-9)20(17,18)13-5-11(6-15)3-4-12(13)14/h3-5,9-10H,6-8,15H2,1-2H3. The molecule has 1 aromatic carbocycles. The van der Waals surface area contributed by atoms with E-state index in [4.69, 9.17) is 5.73 Å². The van der Waals surface area contributed by atoms with Crippen molar-refractivity contribution in [2.45, 2.75) is 35.8 Å². The van der Waals surface area contributed by atoms with E-state index >= 15 is 0 Å². The zero-order valence-corrected chi connectivity index (χ0v) is 14.8. The van der Waals surface area contributed by atoms with E-state index in [2.05, 4.69) is 29.8 Å². The summed E-state index contributed by atoms with van der Waals surface area (Å²) in [6.07, 6.45) is 0. The van der Waals surface area contributed by atoms with E-state index < -0.39 is 10.0 Å². The maximum Gasteiger partial charge on any atom is 0.244 e. The number of thioether (sulfide) groups is 1. The maximum atomic E-state index is 12.8. The van der Waals surface area contributed by atoms with Crippen molar-refractivity contribution in [2.24, 2.45) is 5.73 Å². The molecule has 1 aliphatic heterocycles. The zero-order chi connectivity index (χ0) is 14.9. The van der Waals surface area contributed by atoms with Gasteiger partial charge in [-0.3, -0.25) is 0 Å². The third-order valence-electron chi connectivity index (χ3n) is 3.24. The summed E-state index contributed by atoms with van der Waals surface area (Å²) >= 11 is 5.17. The minimum Gasteiger partial charge on any atom is -0.326 e. The first-order chi connectivity index (χ1) is 9.34. The van der Waals surface area contributed by atoms with E-state index in [9.17, 15) is 8.42 Å². The van der Waals surface area contributed by atoms with Crippen molar-refractivity contribution in [3.05, 3.63) is 28.2 Å². The number of halogens is 1. The summed E-state index contributed by atoms with van der Waals surface area (Å²) in [6.45, 7) is 5.56. The predicted molar refractivity (Wildman–Crippen MR) is 87.3 cm³/mol. The molecule has 2 unspecified atom stereocenters. The summed E-state index contributed by atoms with van der Waals surface area (Å²) in [5.74, 6) is 0. The van der Waals surface area contributed by atoms with Gasteiger partial charge < -0.3 is 5.73 Å². The second-order valence-corrected chi connectivity index (χ2v) is 9.69. The van der Waals surface area contributed by atoms with Crippen molar-refractivity contribution in [1.82, 2.24) is 4.31 Å². The Balaban J connectivity index is 2.39. The lowest BCUT2D eigenvalue weighted by atomic mass is 10.2. The fraction of sp³-hybridized carbons (Fsp3) is 0.538. The van der Waals surface area contributed by atoms with Crippen LogP contribution in [-0.4, -0.2) is 36.3 Å². The maximum absolute atomic E-state index is 12.8. The van der Waals surface area contributed by atoms with Crippen LogP contribution in [-0.2, 0) is 16.6 Å². The van der Waals surface area contributed by atoms with Crippen LogP contribution in [0.15, 0.2) is 27.6 Å². The van der Waals surface area contributed by atoms with Gasteiger partial charge >= 0.3 is 0 Å². The van der Waals surface area contributed by atoms with Crippen LogP contribution in [0, 0.1) is 0 Å². The third-order valence-corrected chi connectivity index (χ3v) is 7.29. The van der Waals surface area contributed by atoms with E-state index in [1.807, 2.05) is 17.8 Å². The van der Waals surface area contributed by atoms with Crippen LogP contribution in [0.3, 0.4) is 0 Å². The summed E-state index contributed by atoms with van der Waals surface area (Å²) < 4.78 is 27.8. The van der Waals surface area contributed by atoms with Gasteiger partial charge in [-0.25, -0.2) is 8.42 Å². The molecule has 0 radical (unpaired) electrons. The highest BCUT2D eigenvalue weighted by Gasteiger charge is 2.33. The minimum absolute atomic E-state index is 0.310. The summed E-state index contributed by atoms with van der Waals surface area (Å²) in [4.78, 5) is 0.312. The normalized spacial score (nSPS) is 24.8. The van der Waals surface area contributed by atoms with E-state index in [-0.39, 0.29) is 0 Å². The second kappa shape index (κ2) is 6.36. The molecule has 0 amide bonds. The van der Waals surface area contributed by atoms with Gasteiger partial charge in [0.15, 0.2) is 0 Å². The molecule has 1 saturated heterocycles. The molecule has 0 aliphatic carbocycles. The molecule has 112 valence electrons. The Morgan fingerprint density at radius 1 is 1.35 bits per heavy atom. The van der Waals surface area contributed by atoms with Crippen LogP contribution in [0.2, 0.25) is 0 Å². The van der Waals surface area contributed by atoms with Gasteiger partial charge in [-0.05, 0) is 33.6 Å². The Morgan fingerprint density at radius 3 is 2.50 bits per heavy atom. The molecule has 1 fully saturated rings. The van der Waals surface area contributed by atoms with Gasteiger partial charge in [0.05, 0.1) is 4.90 Å². The second-order valence-electron chi connectivity index (χ2n) is 5.05. The Kier molecular flexibility index (Phi) is 5.18. The number of nitrogens with two attached hydrogens (primary N) is 1. The Bertz CT molecular complexity index is 582. The van der Waals surface area contributed by atoms with Gasteiger partial charge in [0.25, 0.3) is 0 Å². The SMILES string of the molecule is CC1CN(S(=O)(=O)c2cc(CN)ccc2Br)CC(C)S1. The van der Waals surface area contributed by atoms with Crippen LogP contribution in [0.4, 0.5) is 0 Å². The van der Waals surface area contributed by atoms with Gasteiger partial charge in [0.2, 0.25) is 10.0 Å². The van der Waals surface area contributed by atoms with Gasteiger partial charge in [-0.15, -0.1) is 0 Å². The first kappa shape index (κ1) is 16.3. The highest BCUT2D eigenvalue weighted by Crippen LogP contribution is 2.31. The van der Waals surface area contributed by atoms with Crippen molar-refractivity contribution < 1.29 is 8.42 Å². The monoisotopic (exact) mass is 378 g/mol. The molecular formula is C13H19BrN2O2S2. The lowest BCUT2D eigenvalue weighted by Crippen LogP contribution is -2.44. The number of nitrogens with zero attached hydrogens (tertiary/aromatic N) is 1. The average Bonchev–Trinajstić information content (AvgIpc) is 2.38. The average molecular weight is 379 g/mol. The fourth-order valence-electron chi connectivity index (χ4n) is 2.34. The molecule has 0 aromatic heterocycles. The highest BCUT2D eigenvalue weighted by molar-refractivity contribution is 9.10. The minimum atomic E-state index is -3.47. The summed E-state index contributed by atoms with van der Waals surface area (Å²) in [5.41, 5.74) is 6.43. The van der Waals surface area contributed by atoms with E-state index in [0.29, 0.717) is 39.5 Å². The first-order valence-corrected chi connectivity index (χ1v) is 9.66. The summed E-state index contributed by atoms with van der Waals surface area (Å²) in [6, 6.07) is 5.25. The molecule has 1 heterocycles. The molecule has 20 heavy (non-hydrogen) atoms. The molecule has 7 heteroatoms. The van der Waals surface area contributed by atoms with Crippen LogP contribution in [0.1, 0.15) is 19.4 Å². The van der Waals surface area contributed by atoms with Crippen molar-refractivity contribution in [1.29, 1.82) is 0 Å². The van der Waals surface area contributed by atoms with E-state index in [0.717, 1.165) is 5.56 Å². The number of sulfonamides is 1. The van der Waals surface area contributed by atoms with Gasteiger partial charge in [-0.2, -0.15) is 16.1 Å². The van der Waals surface area contributed by atoms with E-state index in [1.54, 1.807) is 16.4 Å². The van der Waals surface area contributed by atoms with Gasteiger partial charge in [-0.1, -0.05) is 19.9 Å². The Morgan fingerprint density at radius 2 is 1.95 bits per heavy atom. The number of rotatable bonds is 3. The molecule has 2 N–H and O–H groups in total. The molecule has 0 saturated carbocycles.